The molecule has 0 fully saturated rings. The molecule has 20 heavy (non-hydrogen) atoms. The van der Waals surface area contributed by atoms with E-state index in [9.17, 15) is 4.39 Å². The van der Waals surface area contributed by atoms with Crippen LogP contribution in [0.15, 0.2) is 60.7 Å². The van der Waals surface area contributed by atoms with E-state index < -0.39 is 5.82 Å². The van der Waals surface area contributed by atoms with Crippen molar-refractivity contribution < 1.29 is 4.39 Å². The fraction of sp³-hybridized carbons (Fsp3) is 0.0588. The molecule has 3 aromatic carbocycles. The normalized spacial score (nSPS) is 12.6. The zero-order valence-corrected chi connectivity index (χ0v) is 12.8. The maximum atomic E-state index is 13.6. The van der Waals surface area contributed by atoms with Crippen LogP contribution < -0.4 is 0 Å². The topological polar surface area (TPSA) is 0 Å². The molecule has 0 aliphatic carbocycles. The smallest absolute Gasteiger partial charge is 0.142 e. The van der Waals surface area contributed by atoms with Crippen LogP contribution in [-0.2, 0) is 0 Å². The van der Waals surface area contributed by atoms with Gasteiger partial charge in [-0.05, 0) is 34.0 Å². The van der Waals surface area contributed by atoms with Gasteiger partial charge in [-0.3, -0.25) is 0 Å². The van der Waals surface area contributed by atoms with E-state index in [1.54, 1.807) is 6.07 Å². The number of alkyl halides is 1. The lowest BCUT2D eigenvalue weighted by Crippen LogP contribution is -1.95. The molecule has 0 nitrogen and oxygen atoms in total. The lowest BCUT2D eigenvalue weighted by Gasteiger charge is -2.14. The van der Waals surface area contributed by atoms with E-state index in [4.69, 9.17) is 11.6 Å². The fourth-order valence-corrected chi connectivity index (χ4v) is 3.12. The molecule has 0 aromatic heterocycles. The van der Waals surface area contributed by atoms with Gasteiger partial charge in [-0.15, -0.1) is 0 Å². The van der Waals surface area contributed by atoms with Gasteiger partial charge in [0.1, 0.15) is 5.82 Å². The Morgan fingerprint density at radius 2 is 1.70 bits per heavy atom. The second-order valence-corrected chi connectivity index (χ2v) is 5.93. The van der Waals surface area contributed by atoms with Gasteiger partial charge in [0.15, 0.2) is 0 Å². The van der Waals surface area contributed by atoms with Crippen molar-refractivity contribution in [3.63, 3.8) is 0 Å². The standard InChI is InChI=1S/C17H11BrClF/c18-17(12-8-9-15(19)16(20)10-12)14-7-3-5-11-4-1-2-6-13(11)14/h1-10,17H. The summed E-state index contributed by atoms with van der Waals surface area (Å²) in [5, 5.41) is 2.47. The Morgan fingerprint density at radius 3 is 2.50 bits per heavy atom. The molecule has 0 spiro atoms. The molecule has 0 bridgehead atoms. The predicted octanol–water partition coefficient (Wildman–Crippen LogP) is 6.12. The van der Waals surface area contributed by atoms with Crippen LogP contribution >= 0.6 is 27.5 Å². The lowest BCUT2D eigenvalue weighted by molar-refractivity contribution is 0.626. The molecule has 100 valence electrons. The quantitative estimate of drug-likeness (QED) is 0.489. The minimum atomic E-state index is -0.395. The van der Waals surface area contributed by atoms with Crippen LogP contribution in [0, 0.1) is 5.82 Å². The molecule has 3 aromatic rings. The van der Waals surface area contributed by atoms with Crippen molar-refractivity contribution in [2.75, 3.05) is 0 Å². The summed E-state index contributed by atoms with van der Waals surface area (Å²) in [4.78, 5) is -0.0691. The number of hydrogen-bond acceptors (Lipinski definition) is 0. The van der Waals surface area contributed by atoms with E-state index in [1.807, 2.05) is 30.3 Å². The molecule has 0 aliphatic rings. The first-order valence-electron chi connectivity index (χ1n) is 6.23. The van der Waals surface area contributed by atoms with E-state index in [0.29, 0.717) is 0 Å². The summed E-state index contributed by atoms with van der Waals surface area (Å²) >= 11 is 9.40. The summed E-state index contributed by atoms with van der Waals surface area (Å²) in [6, 6.07) is 19.2. The first kappa shape index (κ1) is 13.6. The zero-order valence-electron chi connectivity index (χ0n) is 10.5. The molecular weight excluding hydrogens is 339 g/mol. The Kier molecular flexibility index (Phi) is 3.77. The number of benzene rings is 3. The van der Waals surface area contributed by atoms with Crippen molar-refractivity contribution in [2.45, 2.75) is 4.83 Å². The molecular formula is C17H11BrClF. The molecule has 0 amide bonds. The molecule has 1 unspecified atom stereocenters. The van der Waals surface area contributed by atoms with Crippen molar-refractivity contribution >= 4 is 38.3 Å². The molecule has 0 radical (unpaired) electrons. The van der Waals surface area contributed by atoms with Gasteiger partial charge in [0, 0.05) is 0 Å². The summed E-state index contributed by atoms with van der Waals surface area (Å²) in [5.74, 6) is -0.395. The summed E-state index contributed by atoms with van der Waals surface area (Å²) in [5.41, 5.74) is 1.97. The van der Waals surface area contributed by atoms with Crippen LogP contribution in [0.3, 0.4) is 0 Å². The number of fused-ring (bicyclic) bond motifs is 1. The molecule has 0 heterocycles. The second kappa shape index (κ2) is 5.55. The van der Waals surface area contributed by atoms with E-state index >= 15 is 0 Å². The van der Waals surface area contributed by atoms with E-state index in [0.717, 1.165) is 16.5 Å². The average molecular weight is 350 g/mol. The third-order valence-corrected chi connectivity index (χ3v) is 4.66. The van der Waals surface area contributed by atoms with Crippen molar-refractivity contribution in [3.8, 4) is 0 Å². The summed E-state index contributed by atoms with van der Waals surface area (Å²) in [6.45, 7) is 0. The van der Waals surface area contributed by atoms with Crippen LogP contribution in [0.25, 0.3) is 10.8 Å². The van der Waals surface area contributed by atoms with Gasteiger partial charge in [0.25, 0.3) is 0 Å². The highest BCUT2D eigenvalue weighted by molar-refractivity contribution is 9.09. The first-order valence-corrected chi connectivity index (χ1v) is 7.53. The number of rotatable bonds is 2. The predicted molar refractivity (Wildman–Crippen MR) is 86.1 cm³/mol. The first-order chi connectivity index (χ1) is 9.66. The second-order valence-electron chi connectivity index (χ2n) is 4.60. The van der Waals surface area contributed by atoms with Crippen LogP contribution in [0.4, 0.5) is 4.39 Å². The van der Waals surface area contributed by atoms with E-state index in [1.165, 1.54) is 11.5 Å². The van der Waals surface area contributed by atoms with Gasteiger partial charge < -0.3 is 0 Å². The van der Waals surface area contributed by atoms with Gasteiger partial charge in [0.05, 0.1) is 9.85 Å². The molecule has 0 N–H and O–H groups in total. The lowest BCUT2D eigenvalue weighted by atomic mass is 9.98. The third-order valence-electron chi connectivity index (χ3n) is 3.33. The fourth-order valence-electron chi connectivity index (χ4n) is 2.32. The Hall–Kier alpha value is -1.38. The van der Waals surface area contributed by atoms with Gasteiger partial charge in [-0.25, -0.2) is 4.39 Å². The highest BCUT2D eigenvalue weighted by Crippen LogP contribution is 2.36. The van der Waals surface area contributed by atoms with Crippen molar-refractivity contribution in [2.24, 2.45) is 0 Å². The van der Waals surface area contributed by atoms with Gasteiger partial charge in [-0.1, -0.05) is 76.1 Å². The molecule has 3 heteroatoms. The molecule has 3 rings (SSSR count). The van der Waals surface area contributed by atoms with Crippen LogP contribution in [-0.4, -0.2) is 0 Å². The third kappa shape index (κ3) is 2.46. The minimum Gasteiger partial charge on any atom is -0.205 e. The molecule has 0 saturated heterocycles. The van der Waals surface area contributed by atoms with Gasteiger partial charge >= 0.3 is 0 Å². The van der Waals surface area contributed by atoms with E-state index in [2.05, 4.69) is 34.1 Å². The summed E-state index contributed by atoms with van der Waals surface area (Å²) < 4.78 is 13.6. The monoisotopic (exact) mass is 348 g/mol. The van der Waals surface area contributed by atoms with Crippen molar-refractivity contribution in [1.82, 2.24) is 0 Å². The number of halogens is 3. The van der Waals surface area contributed by atoms with E-state index in [-0.39, 0.29) is 9.85 Å². The largest absolute Gasteiger partial charge is 0.205 e. The minimum absolute atomic E-state index is 0.0691. The Labute approximate surface area is 130 Å². The molecule has 1 atom stereocenters. The van der Waals surface area contributed by atoms with Gasteiger partial charge in [0.2, 0.25) is 0 Å². The summed E-state index contributed by atoms with van der Waals surface area (Å²) in [7, 11) is 0. The highest BCUT2D eigenvalue weighted by Gasteiger charge is 2.14. The van der Waals surface area contributed by atoms with Crippen molar-refractivity contribution in [1.29, 1.82) is 0 Å². The molecule has 0 aliphatic heterocycles. The van der Waals surface area contributed by atoms with Gasteiger partial charge in [-0.2, -0.15) is 0 Å². The van der Waals surface area contributed by atoms with Crippen molar-refractivity contribution in [3.05, 3.63) is 82.6 Å². The van der Waals surface area contributed by atoms with Crippen LogP contribution in [0.2, 0.25) is 5.02 Å². The van der Waals surface area contributed by atoms with Crippen LogP contribution in [0.1, 0.15) is 16.0 Å². The Morgan fingerprint density at radius 1 is 0.950 bits per heavy atom. The summed E-state index contributed by atoms with van der Waals surface area (Å²) in [6.07, 6.45) is 0. The Bertz CT molecular complexity index is 765. The van der Waals surface area contributed by atoms with Crippen LogP contribution in [0.5, 0.6) is 0 Å². The SMILES string of the molecule is Fc1cc(C(Br)c2cccc3ccccc23)ccc1Cl. The maximum Gasteiger partial charge on any atom is 0.142 e. The Balaban J connectivity index is 2.12. The zero-order chi connectivity index (χ0) is 14.1. The number of hydrogen-bond donors (Lipinski definition) is 0. The average Bonchev–Trinajstić information content (AvgIpc) is 2.49. The highest BCUT2D eigenvalue weighted by atomic mass is 79.9. The maximum absolute atomic E-state index is 13.6. The molecule has 0 saturated carbocycles.